The van der Waals surface area contributed by atoms with E-state index in [-0.39, 0.29) is 12.3 Å². The number of carbonyl (C=O) groups is 1. The van der Waals surface area contributed by atoms with E-state index < -0.39 is 5.63 Å². The lowest BCUT2D eigenvalue weighted by Crippen LogP contribution is -2.16. The highest BCUT2D eigenvalue weighted by molar-refractivity contribution is 9.10. The topological polar surface area (TPSA) is 68.5 Å². The number of methoxy groups -OCH3 is 1. The third-order valence-electron chi connectivity index (χ3n) is 4.20. The number of hydrogen-bond acceptors (Lipinski definition) is 4. The second kappa shape index (κ2) is 7.74. The van der Waals surface area contributed by atoms with Crippen LogP contribution in [-0.2, 0) is 11.2 Å². The summed E-state index contributed by atoms with van der Waals surface area (Å²) in [6.07, 6.45) is 0.510. The number of ether oxygens (including phenoxy) is 1. The van der Waals surface area contributed by atoms with E-state index in [1.807, 2.05) is 43.3 Å². The Labute approximate surface area is 159 Å². The minimum Gasteiger partial charge on any atom is -0.497 e. The first kappa shape index (κ1) is 18.2. The minimum atomic E-state index is -0.418. The summed E-state index contributed by atoms with van der Waals surface area (Å²) in [7, 11) is 1.56. The Morgan fingerprint density at radius 2 is 2.04 bits per heavy atom. The molecule has 0 aliphatic carbocycles. The number of carbonyl (C=O) groups excluding carboxylic acids is 1. The van der Waals surface area contributed by atoms with Crippen molar-refractivity contribution in [2.45, 2.75) is 19.8 Å². The molecule has 0 aliphatic heterocycles. The molecule has 1 heterocycles. The minimum absolute atomic E-state index is 0.156. The molecule has 3 rings (SSSR count). The highest BCUT2D eigenvalue weighted by Gasteiger charge is 2.14. The lowest BCUT2D eigenvalue weighted by molar-refractivity contribution is -0.116. The van der Waals surface area contributed by atoms with Gasteiger partial charge in [0.05, 0.1) is 7.11 Å². The molecule has 2 aromatic carbocycles. The van der Waals surface area contributed by atoms with Gasteiger partial charge in [-0.3, -0.25) is 4.79 Å². The molecule has 0 fully saturated rings. The molecule has 5 nitrogen and oxygen atoms in total. The predicted molar refractivity (Wildman–Crippen MR) is 105 cm³/mol. The first-order chi connectivity index (χ1) is 12.5. The number of hydrogen-bond donors (Lipinski definition) is 1. The number of benzene rings is 2. The molecular weight excluding hydrogens is 398 g/mol. The Bertz CT molecular complexity index is 1030. The SMILES string of the molecule is COc1ccc2c(C)c(CCC(=O)Nc3cccc(Br)c3)c(=O)oc2c1. The zero-order chi connectivity index (χ0) is 18.7. The van der Waals surface area contributed by atoms with Gasteiger partial charge in [-0.05, 0) is 49.2 Å². The molecule has 26 heavy (non-hydrogen) atoms. The van der Waals surface area contributed by atoms with Gasteiger partial charge in [-0.2, -0.15) is 0 Å². The maximum absolute atomic E-state index is 12.3. The molecule has 0 saturated carbocycles. The van der Waals surface area contributed by atoms with Crippen LogP contribution in [-0.4, -0.2) is 13.0 Å². The van der Waals surface area contributed by atoms with E-state index in [9.17, 15) is 9.59 Å². The number of amides is 1. The van der Waals surface area contributed by atoms with E-state index in [0.29, 0.717) is 29.0 Å². The fourth-order valence-electron chi connectivity index (χ4n) is 2.82. The maximum atomic E-state index is 12.3. The van der Waals surface area contributed by atoms with Crippen LogP contribution in [0.1, 0.15) is 17.5 Å². The van der Waals surface area contributed by atoms with Gasteiger partial charge >= 0.3 is 5.63 Å². The molecule has 0 spiro atoms. The Morgan fingerprint density at radius 1 is 1.23 bits per heavy atom. The number of anilines is 1. The van der Waals surface area contributed by atoms with E-state index in [4.69, 9.17) is 9.15 Å². The van der Waals surface area contributed by atoms with Crippen molar-refractivity contribution < 1.29 is 13.9 Å². The average Bonchev–Trinajstić information content (AvgIpc) is 2.61. The summed E-state index contributed by atoms with van der Waals surface area (Å²) in [5, 5.41) is 3.67. The normalized spacial score (nSPS) is 10.7. The van der Waals surface area contributed by atoms with Crippen LogP contribution >= 0.6 is 15.9 Å². The van der Waals surface area contributed by atoms with Crippen LogP contribution in [0.3, 0.4) is 0 Å². The Balaban J connectivity index is 1.78. The zero-order valence-electron chi connectivity index (χ0n) is 14.5. The molecule has 0 atom stereocenters. The van der Waals surface area contributed by atoms with Gasteiger partial charge in [-0.1, -0.05) is 22.0 Å². The van der Waals surface area contributed by atoms with Crippen LogP contribution in [0.15, 0.2) is 56.1 Å². The highest BCUT2D eigenvalue weighted by atomic mass is 79.9. The lowest BCUT2D eigenvalue weighted by Gasteiger charge is -2.09. The van der Waals surface area contributed by atoms with Crippen LogP contribution in [0, 0.1) is 6.92 Å². The molecule has 1 aromatic heterocycles. The molecule has 3 aromatic rings. The van der Waals surface area contributed by atoms with E-state index >= 15 is 0 Å². The number of fused-ring (bicyclic) bond motifs is 1. The van der Waals surface area contributed by atoms with Gasteiger partial charge in [0, 0.05) is 33.6 Å². The molecule has 0 unspecified atom stereocenters. The van der Waals surface area contributed by atoms with Crippen molar-refractivity contribution in [3.8, 4) is 5.75 Å². The van der Waals surface area contributed by atoms with Crippen LogP contribution in [0.2, 0.25) is 0 Å². The number of aryl methyl sites for hydroxylation is 1. The number of nitrogens with one attached hydrogen (secondary N) is 1. The van der Waals surface area contributed by atoms with Gasteiger partial charge in [0.25, 0.3) is 0 Å². The van der Waals surface area contributed by atoms with Gasteiger partial charge < -0.3 is 14.5 Å². The van der Waals surface area contributed by atoms with E-state index in [1.165, 1.54) is 0 Å². The maximum Gasteiger partial charge on any atom is 0.339 e. The molecule has 0 bridgehead atoms. The first-order valence-corrected chi connectivity index (χ1v) is 8.93. The second-order valence-electron chi connectivity index (χ2n) is 5.91. The second-order valence-corrected chi connectivity index (χ2v) is 6.83. The monoisotopic (exact) mass is 415 g/mol. The molecular formula is C20H18BrNO4. The van der Waals surface area contributed by atoms with Crippen molar-refractivity contribution in [3.05, 3.63) is 68.5 Å². The van der Waals surface area contributed by atoms with Crippen LogP contribution < -0.4 is 15.7 Å². The number of halogens is 1. The third-order valence-corrected chi connectivity index (χ3v) is 4.70. The fourth-order valence-corrected chi connectivity index (χ4v) is 3.22. The molecule has 0 saturated heterocycles. The molecule has 0 aliphatic rings. The van der Waals surface area contributed by atoms with Crippen molar-refractivity contribution in [2.75, 3.05) is 12.4 Å². The van der Waals surface area contributed by atoms with Crippen LogP contribution in [0.5, 0.6) is 5.75 Å². The van der Waals surface area contributed by atoms with E-state index in [0.717, 1.165) is 15.4 Å². The van der Waals surface area contributed by atoms with Gasteiger partial charge in [0.2, 0.25) is 5.91 Å². The summed E-state index contributed by atoms with van der Waals surface area (Å²) in [6, 6.07) is 12.7. The summed E-state index contributed by atoms with van der Waals surface area (Å²) in [4.78, 5) is 24.5. The summed E-state index contributed by atoms with van der Waals surface area (Å²) in [5.74, 6) is 0.470. The smallest absolute Gasteiger partial charge is 0.339 e. The van der Waals surface area contributed by atoms with Crippen molar-refractivity contribution in [1.82, 2.24) is 0 Å². The van der Waals surface area contributed by atoms with Crippen molar-refractivity contribution in [3.63, 3.8) is 0 Å². The third kappa shape index (κ3) is 3.96. The van der Waals surface area contributed by atoms with Gasteiger partial charge in [0.1, 0.15) is 11.3 Å². The Morgan fingerprint density at radius 3 is 2.77 bits per heavy atom. The standard InChI is InChI=1S/C20H18BrNO4/c1-12-16-7-6-15(25-2)11-18(16)26-20(24)17(12)8-9-19(23)22-14-5-3-4-13(21)10-14/h3-7,10-11H,8-9H2,1-2H3,(H,22,23). The van der Waals surface area contributed by atoms with Crippen LogP contribution in [0.4, 0.5) is 5.69 Å². The molecule has 1 amide bonds. The summed E-state index contributed by atoms with van der Waals surface area (Å²) >= 11 is 3.37. The molecule has 134 valence electrons. The molecule has 0 radical (unpaired) electrons. The summed E-state index contributed by atoms with van der Waals surface area (Å²) < 4.78 is 11.5. The van der Waals surface area contributed by atoms with E-state index in [2.05, 4.69) is 21.2 Å². The molecule has 6 heteroatoms. The number of rotatable bonds is 5. The van der Waals surface area contributed by atoms with Crippen molar-refractivity contribution >= 4 is 38.5 Å². The average molecular weight is 416 g/mol. The lowest BCUT2D eigenvalue weighted by atomic mass is 10.0. The quantitative estimate of drug-likeness (QED) is 0.625. The Hall–Kier alpha value is -2.60. The summed E-state index contributed by atoms with van der Waals surface area (Å²) in [6.45, 7) is 1.87. The first-order valence-electron chi connectivity index (χ1n) is 8.13. The predicted octanol–water partition coefficient (Wildman–Crippen LogP) is 4.44. The van der Waals surface area contributed by atoms with Crippen LogP contribution in [0.25, 0.3) is 11.0 Å². The zero-order valence-corrected chi connectivity index (χ0v) is 16.1. The summed E-state index contributed by atoms with van der Waals surface area (Å²) in [5.41, 5.74) is 2.12. The van der Waals surface area contributed by atoms with Gasteiger partial charge in [-0.25, -0.2) is 4.79 Å². The van der Waals surface area contributed by atoms with Crippen molar-refractivity contribution in [1.29, 1.82) is 0 Å². The highest BCUT2D eigenvalue weighted by Crippen LogP contribution is 2.24. The van der Waals surface area contributed by atoms with E-state index in [1.54, 1.807) is 13.2 Å². The Kier molecular flexibility index (Phi) is 5.42. The van der Waals surface area contributed by atoms with Crippen molar-refractivity contribution in [2.24, 2.45) is 0 Å². The van der Waals surface area contributed by atoms with Gasteiger partial charge in [-0.15, -0.1) is 0 Å². The largest absolute Gasteiger partial charge is 0.497 e. The molecule has 1 N–H and O–H groups in total. The van der Waals surface area contributed by atoms with Gasteiger partial charge in [0.15, 0.2) is 0 Å². The fraction of sp³-hybridized carbons (Fsp3) is 0.200.